The van der Waals surface area contributed by atoms with E-state index in [0.29, 0.717) is 0 Å². The lowest BCUT2D eigenvalue weighted by Gasteiger charge is -1.94. The molecule has 1 aromatic rings. The fraction of sp³-hybridized carbons (Fsp3) is 0.200. The maximum atomic E-state index is 10.5. The van der Waals surface area contributed by atoms with Crippen molar-refractivity contribution in [3.05, 3.63) is 28.2 Å². The van der Waals surface area contributed by atoms with Gasteiger partial charge in [0, 0.05) is 6.07 Å². The number of nitrogens with one attached hydrogen (secondary N) is 1. The van der Waals surface area contributed by atoms with Gasteiger partial charge in [-0.1, -0.05) is 0 Å². The van der Waals surface area contributed by atoms with Gasteiger partial charge in [-0.25, -0.2) is 18.7 Å². The molecule has 1 heterocycles. The second-order valence-corrected chi connectivity index (χ2v) is 3.83. The molecule has 0 aliphatic carbocycles. The molecule has 0 atom stereocenters. The van der Waals surface area contributed by atoms with Gasteiger partial charge < -0.3 is 0 Å². The van der Waals surface area contributed by atoms with E-state index >= 15 is 0 Å². The van der Waals surface area contributed by atoms with E-state index in [4.69, 9.17) is 5.14 Å². The number of nitrogens with zero attached hydrogens (tertiary/aromatic N) is 1. The lowest BCUT2D eigenvalue weighted by molar-refractivity contribution is 0.596. The van der Waals surface area contributed by atoms with Crippen molar-refractivity contribution in [2.24, 2.45) is 5.14 Å². The second-order valence-electron chi connectivity index (χ2n) is 2.22. The van der Waals surface area contributed by atoms with Crippen molar-refractivity contribution in [3.8, 4) is 0 Å². The second kappa shape index (κ2) is 3.03. The summed E-state index contributed by atoms with van der Waals surface area (Å²) >= 11 is 0. The number of sulfonamides is 1. The molecule has 0 aromatic carbocycles. The summed E-state index contributed by atoms with van der Waals surface area (Å²) in [6, 6.07) is 2.50. The molecule has 0 bridgehead atoms. The number of rotatable bonds is 2. The summed E-state index contributed by atoms with van der Waals surface area (Å²) in [7, 11) is -3.57. The first kappa shape index (κ1) is 8.88. The molecule has 0 radical (unpaired) electrons. The SMILES string of the molecule is NS(=O)(=O)Cc1ccc(=O)[nH]n1. The molecule has 66 valence electrons. The summed E-state index contributed by atoms with van der Waals surface area (Å²) in [6.45, 7) is 0. The Morgan fingerprint density at radius 1 is 1.50 bits per heavy atom. The highest BCUT2D eigenvalue weighted by Crippen LogP contribution is 1.93. The molecule has 6 nitrogen and oxygen atoms in total. The van der Waals surface area contributed by atoms with Crippen LogP contribution in [-0.4, -0.2) is 18.6 Å². The van der Waals surface area contributed by atoms with Crippen molar-refractivity contribution in [3.63, 3.8) is 0 Å². The Morgan fingerprint density at radius 3 is 2.58 bits per heavy atom. The van der Waals surface area contributed by atoms with Gasteiger partial charge in [0.1, 0.15) is 5.75 Å². The molecule has 7 heteroatoms. The molecular formula is C5H7N3O3S. The fourth-order valence-corrected chi connectivity index (χ4v) is 1.23. The summed E-state index contributed by atoms with van der Waals surface area (Å²) < 4.78 is 21.1. The van der Waals surface area contributed by atoms with Crippen molar-refractivity contribution in [2.75, 3.05) is 0 Å². The van der Waals surface area contributed by atoms with E-state index in [1.807, 2.05) is 0 Å². The van der Waals surface area contributed by atoms with Gasteiger partial charge in [-0.15, -0.1) is 0 Å². The standard InChI is InChI=1S/C5H7N3O3S/c6-12(10,11)3-4-1-2-5(9)8-7-4/h1-2H,3H2,(H,8,9)(H2,6,10,11). The predicted octanol–water partition coefficient (Wildman–Crippen LogP) is -1.44. The zero-order chi connectivity index (χ0) is 9.19. The van der Waals surface area contributed by atoms with Crippen LogP contribution in [0.15, 0.2) is 16.9 Å². The molecule has 0 aliphatic heterocycles. The van der Waals surface area contributed by atoms with E-state index in [1.54, 1.807) is 0 Å². The van der Waals surface area contributed by atoms with Gasteiger partial charge in [-0.3, -0.25) is 4.79 Å². The minimum absolute atomic E-state index is 0.220. The Bertz CT molecular complexity index is 401. The summed E-state index contributed by atoms with van der Waals surface area (Å²) in [5, 5.41) is 10.3. The zero-order valence-electron chi connectivity index (χ0n) is 6.02. The van der Waals surface area contributed by atoms with Crippen LogP contribution in [0.3, 0.4) is 0 Å². The van der Waals surface area contributed by atoms with Crippen LogP contribution in [0.1, 0.15) is 5.69 Å². The fourth-order valence-electron chi connectivity index (χ4n) is 0.660. The van der Waals surface area contributed by atoms with Crippen LogP contribution >= 0.6 is 0 Å². The van der Waals surface area contributed by atoms with Crippen molar-refractivity contribution in [1.82, 2.24) is 10.2 Å². The smallest absolute Gasteiger partial charge is 0.264 e. The molecule has 0 amide bonds. The van der Waals surface area contributed by atoms with Crippen LogP contribution in [0.4, 0.5) is 0 Å². The first-order valence-corrected chi connectivity index (χ1v) is 4.74. The Morgan fingerprint density at radius 2 is 2.17 bits per heavy atom. The van der Waals surface area contributed by atoms with E-state index in [2.05, 4.69) is 10.2 Å². The van der Waals surface area contributed by atoms with Crippen molar-refractivity contribution in [2.45, 2.75) is 5.75 Å². The van der Waals surface area contributed by atoms with Crippen LogP contribution in [-0.2, 0) is 15.8 Å². The highest BCUT2D eigenvalue weighted by atomic mass is 32.2. The Labute approximate surface area is 68.5 Å². The molecular weight excluding hydrogens is 182 g/mol. The van der Waals surface area contributed by atoms with Crippen LogP contribution in [0, 0.1) is 0 Å². The minimum Gasteiger partial charge on any atom is -0.268 e. The first-order chi connectivity index (χ1) is 5.47. The van der Waals surface area contributed by atoms with Gasteiger partial charge in [0.05, 0.1) is 5.69 Å². The molecule has 0 fully saturated rings. The topological polar surface area (TPSA) is 106 Å². The van der Waals surface area contributed by atoms with E-state index in [0.717, 1.165) is 0 Å². The van der Waals surface area contributed by atoms with E-state index in [-0.39, 0.29) is 17.0 Å². The van der Waals surface area contributed by atoms with Gasteiger partial charge >= 0.3 is 0 Å². The van der Waals surface area contributed by atoms with Crippen molar-refractivity contribution >= 4 is 10.0 Å². The Kier molecular flexibility index (Phi) is 2.25. The van der Waals surface area contributed by atoms with E-state index < -0.39 is 10.0 Å². The van der Waals surface area contributed by atoms with Crippen molar-refractivity contribution in [1.29, 1.82) is 0 Å². The summed E-state index contributed by atoms with van der Waals surface area (Å²) in [4.78, 5) is 10.5. The van der Waals surface area contributed by atoms with Crippen LogP contribution < -0.4 is 10.7 Å². The van der Waals surface area contributed by atoms with Gasteiger partial charge in [-0.2, -0.15) is 5.10 Å². The third kappa shape index (κ3) is 2.81. The molecule has 0 saturated heterocycles. The molecule has 0 aliphatic rings. The average Bonchev–Trinajstić information content (AvgIpc) is 1.91. The molecule has 0 saturated carbocycles. The Balaban J connectivity index is 2.93. The molecule has 1 rings (SSSR count). The van der Waals surface area contributed by atoms with Gasteiger partial charge in [-0.05, 0) is 6.07 Å². The minimum atomic E-state index is -3.57. The first-order valence-electron chi connectivity index (χ1n) is 3.02. The normalized spacial score (nSPS) is 11.4. The maximum absolute atomic E-state index is 10.5. The summed E-state index contributed by atoms with van der Waals surface area (Å²) in [5.74, 6) is -0.371. The van der Waals surface area contributed by atoms with Crippen LogP contribution in [0.25, 0.3) is 0 Å². The summed E-state index contributed by atoms with van der Waals surface area (Å²) in [5.41, 5.74) is -0.162. The number of nitrogens with two attached hydrogens (primary N) is 1. The third-order valence-corrected chi connectivity index (χ3v) is 1.78. The lowest BCUT2D eigenvalue weighted by Crippen LogP contribution is -2.17. The number of aromatic amines is 1. The molecule has 0 unspecified atom stereocenters. The van der Waals surface area contributed by atoms with Crippen LogP contribution in [0.2, 0.25) is 0 Å². The largest absolute Gasteiger partial charge is 0.268 e. The molecule has 1 aromatic heterocycles. The van der Waals surface area contributed by atoms with Crippen LogP contribution in [0.5, 0.6) is 0 Å². The average molecular weight is 189 g/mol. The predicted molar refractivity (Wildman–Crippen MR) is 41.7 cm³/mol. The molecule has 0 spiro atoms. The number of primary sulfonamides is 1. The number of aromatic nitrogens is 2. The van der Waals surface area contributed by atoms with Crippen molar-refractivity contribution < 1.29 is 8.42 Å². The van der Waals surface area contributed by atoms with E-state index in [9.17, 15) is 13.2 Å². The van der Waals surface area contributed by atoms with E-state index in [1.165, 1.54) is 12.1 Å². The number of H-pyrrole nitrogens is 1. The lowest BCUT2D eigenvalue weighted by atomic mass is 10.4. The number of hydrogen-bond donors (Lipinski definition) is 2. The molecule has 12 heavy (non-hydrogen) atoms. The third-order valence-electron chi connectivity index (χ3n) is 1.09. The molecule has 3 N–H and O–H groups in total. The highest BCUT2D eigenvalue weighted by Gasteiger charge is 2.05. The summed E-state index contributed by atoms with van der Waals surface area (Å²) in [6.07, 6.45) is 0. The quantitative estimate of drug-likeness (QED) is 0.594. The highest BCUT2D eigenvalue weighted by molar-refractivity contribution is 7.88. The number of hydrogen-bond acceptors (Lipinski definition) is 4. The van der Waals surface area contributed by atoms with Gasteiger partial charge in [0.25, 0.3) is 5.56 Å². The Hall–Kier alpha value is -1.21. The van der Waals surface area contributed by atoms with Gasteiger partial charge in [0.15, 0.2) is 0 Å². The van der Waals surface area contributed by atoms with Gasteiger partial charge in [0.2, 0.25) is 10.0 Å². The zero-order valence-corrected chi connectivity index (χ0v) is 6.84. The maximum Gasteiger partial charge on any atom is 0.264 e. The monoisotopic (exact) mass is 189 g/mol.